The van der Waals surface area contributed by atoms with Gasteiger partial charge >= 0.3 is 0 Å². The van der Waals surface area contributed by atoms with Gasteiger partial charge in [0.2, 0.25) is 0 Å². The SMILES string of the molecule is Cc1c(CCl)nnn1CC1CCCO1. The van der Waals surface area contributed by atoms with Crippen LogP contribution in [-0.4, -0.2) is 27.7 Å². The first-order valence-electron chi connectivity index (χ1n) is 4.88. The van der Waals surface area contributed by atoms with E-state index in [2.05, 4.69) is 10.3 Å². The predicted octanol–water partition coefficient (Wildman–Crippen LogP) is 1.50. The van der Waals surface area contributed by atoms with Gasteiger partial charge in [-0.1, -0.05) is 5.21 Å². The maximum absolute atomic E-state index is 5.72. The minimum absolute atomic E-state index is 0.304. The number of alkyl halides is 1. The third-order valence-corrected chi connectivity index (χ3v) is 2.86. The molecule has 2 heterocycles. The number of hydrogen-bond acceptors (Lipinski definition) is 3. The van der Waals surface area contributed by atoms with Crippen LogP contribution >= 0.6 is 11.6 Å². The number of ether oxygens (including phenoxy) is 1. The summed E-state index contributed by atoms with van der Waals surface area (Å²) in [5.74, 6) is 0.428. The lowest BCUT2D eigenvalue weighted by molar-refractivity contribution is 0.0929. The van der Waals surface area contributed by atoms with Crippen molar-refractivity contribution in [2.45, 2.75) is 38.3 Å². The predicted molar refractivity (Wildman–Crippen MR) is 53.3 cm³/mol. The van der Waals surface area contributed by atoms with Crippen molar-refractivity contribution in [1.29, 1.82) is 0 Å². The fourth-order valence-electron chi connectivity index (χ4n) is 1.67. The van der Waals surface area contributed by atoms with Crippen LogP contribution < -0.4 is 0 Å². The van der Waals surface area contributed by atoms with Gasteiger partial charge in [-0.2, -0.15) is 0 Å². The third-order valence-electron chi connectivity index (χ3n) is 2.61. The van der Waals surface area contributed by atoms with Gasteiger partial charge in [0.25, 0.3) is 0 Å². The van der Waals surface area contributed by atoms with E-state index in [9.17, 15) is 0 Å². The van der Waals surface area contributed by atoms with E-state index in [4.69, 9.17) is 16.3 Å². The Morgan fingerprint density at radius 3 is 3.07 bits per heavy atom. The lowest BCUT2D eigenvalue weighted by atomic mass is 10.2. The van der Waals surface area contributed by atoms with Crippen molar-refractivity contribution >= 4 is 11.6 Å². The standard InChI is InChI=1S/C9H14ClN3O/c1-7-9(5-10)11-12-13(7)6-8-3-2-4-14-8/h8H,2-6H2,1H3. The summed E-state index contributed by atoms with van der Waals surface area (Å²) in [6.07, 6.45) is 2.58. The molecule has 1 aliphatic rings. The largest absolute Gasteiger partial charge is 0.376 e. The van der Waals surface area contributed by atoms with E-state index in [0.29, 0.717) is 12.0 Å². The van der Waals surface area contributed by atoms with E-state index in [0.717, 1.165) is 37.4 Å². The van der Waals surface area contributed by atoms with E-state index in [1.54, 1.807) is 0 Å². The summed E-state index contributed by atoms with van der Waals surface area (Å²) in [6, 6.07) is 0. The van der Waals surface area contributed by atoms with Gasteiger partial charge in [-0.15, -0.1) is 16.7 Å². The topological polar surface area (TPSA) is 39.9 Å². The summed E-state index contributed by atoms with van der Waals surface area (Å²) in [6.45, 7) is 3.67. The van der Waals surface area contributed by atoms with Gasteiger partial charge in [0.05, 0.1) is 24.2 Å². The average molecular weight is 216 g/mol. The first-order valence-corrected chi connectivity index (χ1v) is 5.41. The van der Waals surface area contributed by atoms with Crippen LogP contribution in [0.15, 0.2) is 0 Å². The monoisotopic (exact) mass is 215 g/mol. The second-order valence-corrected chi connectivity index (χ2v) is 3.84. The first kappa shape index (κ1) is 9.93. The number of hydrogen-bond donors (Lipinski definition) is 0. The average Bonchev–Trinajstić information content (AvgIpc) is 2.79. The minimum atomic E-state index is 0.304. The summed E-state index contributed by atoms with van der Waals surface area (Å²) in [5, 5.41) is 8.05. The molecule has 1 atom stereocenters. The third kappa shape index (κ3) is 1.91. The van der Waals surface area contributed by atoms with E-state index in [-0.39, 0.29) is 0 Å². The van der Waals surface area contributed by atoms with E-state index in [1.807, 2.05) is 11.6 Å². The Labute approximate surface area is 88.2 Å². The molecule has 1 aromatic rings. The van der Waals surface area contributed by atoms with Crippen molar-refractivity contribution < 1.29 is 4.74 Å². The Morgan fingerprint density at radius 1 is 1.64 bits per heavy atom. The highest BCUT2D eigenvalue weighted by Gasteiger charge is 2.18. The zero-order valence-electron chi connectivity index (χ0n) is 8.24. The molecule has 0 spiro atoms. The molecule has 2 rings (SSSR count). The van der Waals surface area contributed by atoms with Gasteiger partial charge in [0.1, 0.15) is 5.69 Å². The van der Waals surface area contributed by atoms with Crippen molar-refractivity contribution in [2.24, 2.45) is 0 Å². The van der Waals surface area contributed by atoms with Gasteiger partial charge in [-0.25, -0.2) is 4.68 Å². The molecule has 0 amide bonds. The number of halogens is 1. The molecule has 0 saturated carbocycles. The summed E-state index contributed by atoms with van der Waals surface area (Å²) >= 11 is 5.72. The van der Waals surface area contributed by atoms with Crippen molar-refractivity contribution in [2.75, 3.05) is 6.61 Å². The van der Waals surface area contributed by atoms with Gasteiger partial charge in [-0.05, 0) is 19.8 Å². The van der Waals surface area contributed by atoms with Crippen LogP contribution in [0, 0.1) is 6.92 Å². The van der Waals surface area contributed by atoms with Crippen molar-refractivity contribution in [3.63, 3.8) is 0 Å². The quantitative estimate of drug-likeness (QED) is 0.718. The van der Waals surface area contributed by atoms with Crippen LogP contribution in [-0.2, 0) is 17.2 Å². The van der Waals surface area contributed by atoms with E-state index < -0.39 is 0 Å². The Morgan fingerprint density at radius 2 is 2.50 bits per heavy atom. The number of aromatic nitrogens is 3. The molecule has 1 saturated heterocycles. The summed E-state index contributed by atoms with van der Waals surface area (Å²) in [7, 11) is 0. The Bertz CT molecular complexity index is 307. The molecule has 14 heavy (non-hydrogen) atoms. The Balaban J connectivity index is 2.04. The van der Waals surface area contributed by atoms with Crippen LogP contribution in [0.5, 0.6) is 0 Å². The molecule has 4 nitrogen and oxygen atoms in total. The highest BCUT2D eigenvalue weighted by molar-refractivity contribution is 6.16. The Hall–Kier alpha value is -0.610. The molecule has 5 heteroatoms. The second kappa shape index (κ2) is 4.28. The molecule has 1 fully saturated rings. The highest BCUT2D eigenvalue weighted by atomic mass is 35.5. The molecular weight excluding hydrogens is 202 g/mol. The molecule has 0 N–H and O–H groups in total. The highest BCUT2D eigenvalue weighted by Crippen LogP contribution is 2.15. The van der Waals surface area contributed by atoms with Crippen molar-refractivity contribution in [1.82, 2.24) is 15.0 Å². The lowest BCUT2D eigenvalue weighted by Crippen LogP contribution is -2.17. The Kier molecular flexibility index (Phi) is 3.03. The molecule has 0 radical (unpaired) electrons. The van der Waals surface area contributed by atoms with Crippen LogP contribution in [0.2, 0.25) is 0 Å². The fourth-order valence-corrected chi connectivity index (χ4v) is 1.92. The van der Waals surface area contributed by atoms with Gasteiger partial charge < -0.3 is 4.74 Å². The zero-order chi connectivity index (χ0) is 9.97. The van der Waals surface area contributed by atoms with Gasteiger partial charge in [0.15, 0.2) is 0 Å². The minimum Gasteiger partial charge on any atom is -0.376 e. The summed E-state index contributed by atoms with van der Waals surface area (Å²) in [4.78, 5) is 0. The van der Waals surface area contributed by atoms with Crippen LogP contribution in [0.3, 0.4) is 0 Å². The molecule has 0 bridgehead atoms. The fraction of sp³-hybridized carbons (Fsp3) is 0.778. The summed E-state index contributed by atoms with van der Waals surface area (Å²) in [5.41, 5.74) is 1.92. The van der Waals surface area contributed by atoms with Crippen molar-refractivity contribution in [3.8, 4) is 0 Å². The van der Waals surface area contributed by atoms with Gasteiger partial charge in [0, 0.05) is 6.61 Å². The van der Waals surface area contributed by atoms with Gasteiger partial charge in [-0.3, -0.25) is 0 Å². The lowest BCUT2D eigenvalue weighted by Gasteiger charge is -2.09. The maximum atomic E-state index is 5.72. The molecular formula is C9H14ClN3O. The van der Waals surface area contributed by atoms with Crippen LogP contribution in [0.25, 0.3) is 0 Å². The second-order valence-electron chi connectivity index (χ2n) is 3.57. The summed E-state index contributed by atoms with van der Waals surface area (Å²) < 4.78 is 7.42. The molecule has 78 valence electrons. The zero-order valence-corrected chi connectivity index (χ0v) is 9.00. The van der Waals surface area contributed by atoms with Crippen LogP contribution in [0.1, 0.15) is 24.2 Å². The maximum Gasteiger partial charge on any atom is 0.100 e. The molecule has 0 aliphatic carbocycles. The molecule has 1 aliphatic heterocycles. The normalized spacial score (nSPS) is 21.7. The first-order chi connectivity index (χ1) is 6.81. The number of nitrogens with zero attached hydrogens (tertiary/aromatic N) is 3. The van der Waals surface area contributed by atoms with Crippen molar-refractivity contribution in [3.05, 3.63) is 11.4 Å². The van der Waals surface area contributed by atoms with Crippen LogP contribution in [0.4, 0.5) is 0 Å². The van der Waals surface area contributed by atoms with E-state index >= 15 is 0 Å². The molecule has 0 aromatic carbocycles. The smallest absolute Gasteiger partial charge is 0.100 e. The molecule has 1 aromatic heterocycles. The number of rotatable bonds is 3. The molecule has 1 unspecified atom stereocenters. The van der Waals surface area contributed by atoms with E-state index in [1.165, 1.54) is 0 Å².